The summed E-state index contributed by atoms with van der Waals surface area (Å²) in [6, 6.07) is 10.8. The van der Waals surface area contributed by atoms with Gasteiger partial charge in [0.05, 0.1) is 13.1 Å². The van der Waals surface area contributed by atoms with Crippen molar-refractivity contribution < 1.29 is 9.53 Å². The zero-order valence-electron chi connectivity index (χ0n) is 13.6. The van der Waals surface area contributed by atoms with Crippen molar-refractivity contribution in [2.45, 2.75) is 31.4 Å². The van der Waals surface area contributed by atoms with Crippen molar-refractivity contribution in [2.24, 2.45) is 0 Å². The molecule has 0 unspecified atom stereocenters. The van der Waals surface area contributed by atoms with Crippen molar-refractivity contribution in [2.75, 3.05) is 39.3 Å². The molecule has 2 saturated heterocycles. The lowest BCUT2D eigenvalue weighted by molar-refractivity contribution is 0.0170. The number of urea groups is 1. The summed E-state index contributed by atoms with van der Waals surface area (Å²) in [5.74, 6) is 0.888. The predicted octanol–water partition coefficient (Wildman–Crippen LogP) is 2.04. The Balaban J connectivity index is 1.21. The van der Waals surface area contributed by atoms with Crippen LogP contribution < -0.4 is 4.74 Å². The second kappa shape index (κ2) is 6.40. The maximum Gasteiger partial charge on any atom is 0.320 e. The normalized spacial score (nSPS) is 23.3. The molecule has 1 aromatic rings. The van der Waals surface area contributed by atoms with Crippen molar-refractivity contribution in [1.29, 1.82) is 0 Å². The van der Waals surface area contributed by atoms with E-state index in [9.17, 15) is 4.79 Å². The summed E-state index contributed by atoms with van der Waals surface area (Å²) in [5.41, 5.74) is 0. The maximum absolute atomic E-state index is 12.5. The quantitative estimate of drug-likeness (QED) is 0.856. The molecule has 3 fully saturated rings. The Morgan fingerprint density at radius 2 is 1.65 bits per heavy atom. The van der Waals surface area contributed by atoms with Crippen molar-refractivity contribution in [3.05, 3.63) is 30.3 Å². The van der Waals surface area contributed by atoms with Crippen LogP contribution in [0, 0.1) is 0 Å². The molecule has 2 heterocycles. The molecular formula is C18H25N3O2. The molecule has 0 spiro atoms. The molecule has 3 aliphatic rings. The molecule has 124 valence electrons. The summed E-state index contributed by atoms with van der Waals surface area (Å²) < 4.78 is 5.87. The van der Waals surface area contributed by atoms with Gasteiger partial charge >= 0.3 is 6.03 Å². The van der Waals surface area contributed by atoms with Gasteiger partial charge in [0, 0.05) is 32.2 Å². The van der Waals surface area contributed by atoms with E-state index < -0.39 is 0 Å². The lowest BCUT2D eigenvalue weighted by Crippen LogP contribution is -2.62. The fourth-order valence-electron chi connectivity index (χ4n) is 3.59. The fraction of sp³-hybridized carbons (Fsp3) is 0.611. The third kappa shape index (κ3) is 3.15. The Morgan fingerprint density at radius 3 is 2.26 bits per heavy atom. The third-order valence-corrected chi connectivity index (χ3v) is 5.34. The first-order valence-electron chi connectivity index (χ1n) is 8.79. The summed E-state index contributed by atoms with van der Waals surface area (Å²) in [6.45, 7) is 5.22. The molecule has 0 radical (unpaired) electrons. The van der Waals surface area contributed by atoms with E-state index in [0.29, 0.717) is 13.1 Å². The highest BCUT2D eigenvalue weighted by Crippen LogP contribution is 2.26. The summed E-state index contributed by atoms with van der Waals surface area (Å²) in [5, 5.41) is 0. The monoisotopic (exact) mass is 315 g/mol. The van der Waals surface area contributed by atoms with Crippen molar-refractivity contribution in [1.82, 2.24) is 14.7 Å². The minimum absolute atomic E-state index is 0.137. The number of amides is 2. The zero-order valence-corrected chi connectivity index (χ0v) is 13.6. The van der Waals surface area contributed by atoms with Crippen LogP contribution in [0.3, 0.4) is 0 Å². The fourth-order valence-corrected chi connectivity index (χ4v) is 3.59. The first-order chi connectivity index (χ1) is 11.3. The van der Waals surface area contributed by atoms with Crippen LogP contribution in [0.4, 0.5) is 4.79 Å². The maximum atomic E-state index is 12.5. The molecule has 4 rings (SSSR count). The molecule has 0 atom stereocenters. The smallest absolute Gasteiger partial charge is 0.320 e. The molecule has 5 nitrogen and oxygen atoms in total. The first-order valence-corrected chi connectivity index (χ1v) is 8.79. The highest BCUT2D eigenvalue weighted by molar-refractivity contribution is 5.75. The molecule has 1 aliphatic carbocycles. The summed E-state index contributed by atoms with van der Waals surface area (Å²) in [7, 11) is 0. The summed E-state index contributed by atoms with van der Waals surface area (Å²) in [4.78, 5) is 19.0. The van der Waals surface area contributed by atoms with Crippen LogP contribution in [0.1, 0.15) is 19.3 Å². The van der Waals surface area contributed by atoms with Crippen LogP contribution in [0.5, 0.6) is 5.75 Å². The van der Waals surface area contributed by atoms with Crippen LogP contribution in [0.15, 0.2) is 30.3 Å². The number of piperazine rings is 1. The average molecular weight is 315 g/mol. The minimum atomic E-state index is 0.137. The highest BCUT2D eigenvalue weighted by atomic mass is 16.5. The van der Waals surface area contributed by atoms with Crippen molar-refractivity contribution in [3.63, 3.8) is 0 Å². The van der Waals surface area contributed by atoms with Crippen molar-refractivity contribution in [3.8, 4) is 5.75 Å². The van der Waals surface area contributed by atoms with Gasteiger partial charge in [-0.2, -0.15) is 0 Å². The van der Waals surface area contributed by atoms with Crippen LogP contribution >= 0.6 is 0 Å². The van der Waals surface area contributed by atoms with Crippen LogP contribution in [-0.2, 0) is 0 Å². The van der Waals surface area contributed by atoms with Crippen LogP contribution in [-0.4, -0.2) is 72.1 Å². The van der Waals surface area contributed by atoms with Gasteiger partial charge in [0.15, 0.2) is 0 Å². The van der Waals surface area contributed by atoms with E-state index in [-0.39, 0.29) is 12.1 Å². The molecule has 0 bridgehead atoms. The topological polar surface area (TPSA) is 36.0 Å². The molecule has 23 heavy (non-hydrogen) atoms. The number of carbonyl (C=O) groups is 1. The number of benzene rings is 1. The van der Waals surface area contributed by atoms with Gasteiger partial charge < -0.3 is 14.5 Å². The molecule has 1 saturated carbocycles. The van der Waals surface area contributed by atoms with E-state index in [1.54, 1.807) is 0 Å². The standard InChI is InChI=1S/C18H25N3O2/c22-18(20-11-9-19(10-12-20)15-5-4-6-15)21-13-17(14-21)23-16-7-2-1-3-8-16/h1-3,7-8,15,17H,4-6,9-14H2. The first kappa shape index (κ1) is 14.8. The Labute approximate surface area is 137 Å². The average Bonchev–Trinajstić information content (AvgIpc) is 2.50. The molecule has 5 heteroatoms. The molecule has 2 amide bonds. The predicted molar refractivity (Wildman–Crippen MR) is 88.6 cm³/mol. The van der Waals surface area contributed by atoms with Crippen molar-refractivity contribution >= 4 is 6.03 Å². The van der Waals surface area contributed by atoms with E-state index in [1.165, 1.54) is 19.3 Å². The van der Waals surface area contributed by atoms with E-state index in [2.05, 4.69) is 4.90 Å². The van der Waals surface area contributed by atoms with Gasteiger partial charge in [0.25, 0.3) is 0 Å². The van der Waals surface area contributed by atoms with Gasteiger partial charge in [-0.3, -0.25) is 4.90 Å². The van der Waals surface area contributed by atoms with Gasteiger partial charge in [-0.05, 0) is 25.0 Å². The largest absolute Gasteiger partial charge is 0.487 e. The molecule has 0 aromatic heterocycles. The van der Waals surface area contributed by atoms with E-state index in [4.69, 9.17) is 4.74 Å². The second-order valence-corrected chi connectivity index (χ2v) is 6.85. The highest BCUT2D eigenvalue weighted by Gasteiger charge is 2.36. The number of carbonyl (C=O) groups excluding carboxylic acids is 1. The third-order valence-electron chi connectivity index (χ3n) is 5.34. The zero-order chi connectivity index (χ0) is 15.6. The number of para-hydroxylation sites is 1. The number of rotatable bonds is 3. The lowest BCUT2D eigenvalue weighted by Gasteiger charge is -2.46. The summed E-state index contributed by atoms with van der Waals surface area (Å²) in [6.07, 6.45) is 4.20. The Hall–Kier alpha value is -1.75. The number of hydrogen-bond acceptors (Lipinski definition) is 3. The Bertz CT molecular complexity index is 532. The molecule has 1 aromatic carbocycles. The number of ether oxygens (including phenoxy) is 1. The van der Waals surface area contributed by atoms with Gasteiger partial charge in [-0.15, -0.1) is 0 Å². The number of nitrogens with zero attached hydrogens (tertiary/aromatic N) is 3. The SMILES string of the molecule is O=C(N1CCN(C2CCC2)CC1)N1CC(Oc2ccccc2)C1. The Kier molecular flexibility index (Phi) is 4.12. The van der Waals surface area contributed by atoms with E-state index >= 15 is 0 Å². The van der Waals surface area contributed by atoms with Crippen LogP contribution in [0.25, 0.3) is 0 Å². The lowest BCUT2D eigenvalue weighted by atomic mass is 9.91. The van der Waals surface area contributed by atoms with Gasteiger partial charge in [-0.1, -0.05) is 24.6 Å². The van der Waals surface area contributed by atoms with E-state index in [0.717, 1.165) is 38.0 Å². The number of likely N-dealkylation sites (tertiary alicyclic amines) is 1. The summed E-state index contributed by atoms with van der Waals surface area (Å²) >= 11 is 0. The van der Waals surface area contributed by atoms with Gasteiger partial charge in [0.2, 0.25) is 0 Å². The van der Waals surface area contributed by atoms with E-state index in [1.807, 2.05) is 40.1 Å². The molecule has 2 aliphatic heterocycles. The number of hydrogen-bond donors (Lipinski definition) is 0. The van der Waals surface area contributed by atoms with Gasteiger partial charge in [0.1, 0.15) is 11.9 Å². The molecule has 0 N–H and O–H groups in total. The second-order valence-electron chi connectivity index (χ2n) is 6.85. The Morgan fingerprint density at radius 1 is 0.957 bits per heavy atom. The molecular weight excluding hydrogens is 290 g/mol. The minimum Gasteiger partial charge on any atom is -0.487 e. The van der Waals surface area contributed by atoms with Gasteiger partial charge in [-0.25, -0.2) is 4.79 Å². The van der Waals surface area contributed by atoms with Crippen LogP contribution in [0.2, 0.25) is 0 Å².